The van der Waals surface area contributed by atoms with E-state index in [0.29, 0.717) is 25.9 Å². The maximum Gasteiger partial charge on any atom is 0.224 e. The van der Waals surface area contributed by atoms with Crippen LogP contribution in [-0.2, 0) is 17.8 Å². The van der Waals surface area contributed by atoms with Gasteiger partial charge in [0.25, 0.3) is 0 Å². The maximum absolute atomic E-state index is 12.2. The largest absolute Gasteiger partial charge is 0.370 e. The van der Waals surface area contributed by atoms with E-state index in [1.807, 2.05) is 12.1 Å². The molecule has 1 amide bonds. The van der Waals surface area contributed by atoms with Gasteiger partial charge in [-0.3, -0.25) is 9.79 Å². The van der Waals surface area contributed by atoms with Crippen molar-refractivity contribution in [3.63, 3.8) is 0 Å². The summed E-state index contributed by atoms with van der Waals surface area (Å²) in [6.07, 6.45) is 5.33. The number of guanidine groups is 1. The fraction of sp³-hybridized carbons (Fsp3) is 0.368. The van der Waals surface area contributed by atoms with Crippen molar-refractivity contribution in [2.45, 2.75) is 33.2 Å². The van der Waals surface area contributed by atoms with Crippen LogP contribution in [0.2, 0.25) is 0 Å². The van der Waals surface area contributed by atoms with E-state index in [0.717, 1.165) is 23.0 Å². The Bertz CT molecular complexity index is 780. The third-order valence-electron chi connectivity index (χ3n) is 3.87. The molecule has 134 valence electrons. The Morgan fingerprint density at radius 2 is 2.04 bits per heavy atom. The molecule has 1 aromatic carbocycles. The maximum atomic E-state index is 12.2. The van der Waals surface area contributed by atoms with Crippen molar-refractivity contribution in [3.05, 3.63) is 47.7 Å². The van der Waals surface area contributed by atoms with E-state index in [-0.39, 0.29) is 11.9 Å². The van der Waals surface area contributed by atoms with Gasteiger partial charge in [-0.05, 0) is 31.9 Å². The van der Waals surface area contributed by atoms with Crippen molar-refractivity contribution >= 4 is 22.8 Å². The number of nitrogens with two attached hydrogens (primary N) is 2. The number of fused-ring (bicyclic) bond motifs is 1. The van der Waals surface area contributed by atoms with Crippen LogP contribution in [0.5, 0.6) is 0 Å². The highest BCUT2D eigenvalue weighted by atomic mass is 16.1. The number of hydrogen-bond acceptors (Lipinski definition) is 2. The zero-order valence-corrected chi connectivity index (χ0v) is 15.0. The summed E-state index contributed by atoms with van der Waals surface area (Å²) < 4.78 is 2.18. The van der Waals surface area contributed by atoms with Crippen molar-refractivity contribution in [1.82, 2.24) is 9.88 Å². The van der Waals surface area contributed by atoms with Crippen LogP contribution >= 0.6 is 0 Å². The van der Waals surface area contributed by atoms with E-state index in [9.17, 15) is 4.79 Å². The van der Waals surface area contributed by atoms with Crippen LogP contribution in [-0.4, -0.2) is 29.5 Å². The molecule has 6 heteroatoms. The number of para-hydroxylation sites is 1. The number of aliphatic imine (C=N–C) groups is 1. The summed E-state index contributed by atoms with van der Waals surface area (Å²) >= 11 is 0. The third kappa shape index (κ3) is 5.67. The molecule has 0 spiro atoms. The van der Waals surface area contributed by atoms with E-state index in [1.165, 1.54) is 5.57 Å². The highest BCUT2D eigenvalue weighted by Crippen LogP contribution is 2.22. The van der Waals surface area contributed by atoms with Crippen molar-refractivity contribution in [2.24, 2.45) is 16.5 Å². The van der Waals surface area contributed by atoms with Crippen molar-refractivity contribution < 1.29 is 4.79 Å². The summed E-state index contributed by atoms with van der Waals surface area (Å²) in [5.41, 5.74) is 14.0. The molecule has 0 bridgehead atoms. The number of carbonyl (C=O) groups excluding carboxylic acids is 1. The van der Waals surface area contributed by atoms with E-state index < -0.39 is 0 Å². The number of nitrogens with one attached hydrogen (secondary N) is 1. The minimum Gasteiger partial charge on any atom is -0.370 e. The Labute approximate surface area is 148 Å². The van der Waals surface area contributed by atoms with Gasteiger partial charge in [0, 0.05) is 36.7 Å². The Morgan fingerprint density at radius 1 is 1.28 bits per heavy atom. The first-order valence-electron chi connectivity index (χ1n) is 8.49. The summed E-state index contributed by atoms with van der Waals surface area (Å²) in [5.74, 6) is 0.0883. The first kappa shape index (κ1) is 18.6. The molecule has 0 aliphatic carbocycles. The molecule has 0 unspecified atom stereocenters. The summed E-state index contributed by atoms with van der Waals surface area (Å²) in [4.78, 5) is 16.1. The lowest BCUT2D eigenvalue weighted by Gasteiger charge is -2.03. The first-order valence-corrected chi connectivity index (χ1v) is 8.49. The van der Waals surface area contributed by atoms with Crippen molar-refractivity contribution in [3.8, 4) is 0 Å². The molecular weight excluding hydrogens is 314 g/mol. The third-order valence-corrected chi connectivity index (χ3v) is 3.87. The molecule has 0 saturated heterocycles. The summed E-state index contributed by atoms with van der Waals surface area (Å²) in [5, 5.41) is 4.04. The summed E-state index contributed by atoms with van der Waals surface area (Å²) in [7, 11) is 0. The number of benzene rings is 1. The monoisotopic (exact) mass is 341 g/mol. The second-order valence-corrected chi connectivity index (χ2v) is 6.29. The normalized spacial score (nSPS) is 10.5. The molecule has 1 aromatic heterocycles. The van der Waals surface area contributed by atoms with Crippen LogP contribution in [0.1, 0.15) is 25.8 Å². The van der Waals surface area contributed by atoms with Crippen LogP contribution in [0.4, 0.5) is 0 Å². The number of hydrogen-bond donors (Lipinski definition) is 3. The molecule has 0 aliphatic heterocycles. The Kier molecular flexibility index (Phi) is 6.62. The van der Waals surface area contributed by atoms with Crippen LogP contribution in [0.3, 0.4) is 0 Å². The number of aromatic nitrogens is 1. The standard InChI is InChI=1S/C19H27N5O/c1-14(2)8-11-24-13-15(16-6-3-4-7-17(16)24)12-18(25)22-9-5-10-23-19(20)21/h3-4,6-8,13H,5,9-12H2,1-2H3,(H,22,25)(H4,20,21,23). The Morgan fingerprint density at radius 3 is 2.76 bits per heavy atom. The molecule has 0 atom stereocenters. The first-order chi connectivity index (χ1) is 12.0. The Balaban J connectivity index is 2.01. The molecule has 5 N–H and O–H groups in total. The topological polar surface area (TPSA) is 98.4 Å². The SMILES string of the molecule is CC(C)=CCn1cc(CC(=O)NCCCN=C(N)N)c2ccccc21. The minimum absolute atomic E-state index is 0.00909. The quantitative estimate of drug-likeness (QED) is 0.296. The molecule has 0 saturated carbocycles. The molecule has 1 heterocycles. The number of nitrogens with zero attached hydrogens (tertiary/aromatic N) is 2. The second kappa shape index (κ2) is 8.92. The molecule has 25 heavy (non-hydrogen) atoms. The fourth-order valence-corrected chi connectivity index (χ4v) is 2.65. The lowest BCUT2D eigenvalue weighted by molar-refractivity contribution is -0.120. The van der Waals surface area contributed by atoms with Gasteiger partial charge in [0.2, 0.25) is 5.91 Å². The van der Waals surface area contributed by atoms with Crippen LogP contribution in [0.25, 0.3) is 10.9 Å². The number of rotatable bonds is 8. The van der Waals surface area contributed by atoms with Crippen LogP contribution in [0, 0.1) is 0 Å². The van der Waals surface area contributed by atoms with Crippen molar-refractivity contribution in [2.75, 3.05) is 13.1 Å². The van der Waals surface area contributed by atoms with Gasteiger partial charge < -0.3 is 21.4 Å². The lowest BCUT2D eigenvalue weighted by atomic mass is 10.1. The second-order valence-electron chi connectivity index (χ2n) is 6.29. The average molecular weight is 341 g/mol. The van der Waals surface area contributed by atoms with Crippen molar-refractivity contribution in [1.29, 1.82) is 0 Å². The van der Waals surface area contributed by atoms with E-state index >= 15 is 0 Å². The molecule has 2 rings (SSSR count). The zero-order valence-electron chi connectivity index (χ0n) is 15.0. The Hall–Kier alpha value is -2.76. The molecular formula is C19H27N5O. The molecule has 0 radical (unpaired) electrons. The van der Waals surface area contributed by atoms with Gasteiger partial charge in [0.1, 0.15) is 0 Å². The minimum atomic E-state index is 0.00909. The number of allylic oxidation sites excluding steroid dienone is 2. The van der Waals surface area contributed by atoms with Gasteiger partial charge in [0.15, 0.2) is 5.96 Å². The van der Waals surface area contributed by atoms with E-state index in [4.69, 9.17) is 11.5 Å². The van der Waals surface area contributed by atoms with Crippen LogP contribution in [0.15, 0.2) is 47.1 Å². The van der Waals surface area contributed by atoms with Gasteiger partial charge in [-0.1, -0.05) is 29.8 Å². The highest BCUT2D eigenvalue weighted by Gasteiger charge is 2.11. The molecule has 0 fully saturated rings. The van der Waals surface area contributed by atoms with Gasteiger partial charge in [-0.25, -0.2) is 0 Å². The number of amides is 1. The van der Waals surface area contributed by atoms with E-state index in [2.05, 4.69) is 53.1 Å². The smallest absolute Gasteiger partial charge is 0.224 e. The highest BCUT2D eigenvalue weighted by molar-refractivity contribution is 5.89. The fourth-order valence-electron chi connectivity index (χ4n) is 2.65. The number of carbonyl (C=O) groups is 1. The van der Waals surface area contributed by atoms with Gasteiger partial charge in [0.05, 0.1) is 6.42 Å². The predicted octanol–water partition coefficient (Wildman–Crippen LogP) is 1.93. The molecule has 6 nitrogen and oxygen atoms in total. The van der Waals surface area contributed by atoms with E-state index in [1.54, 1.807) is 0 Å². The lowest BCUT2D eigenvalue weighted by Crippen LogP contribution is -2.27. The average Bonchev–Trinajstić information content (AvgIpc) is 2.90. The van der Waals surface area contributed by atoms with Gasteiger partial charge in [-0.15, -0.1) is 0 Å². The summed E-state index contributed by atoms with van der Waals surface area (Å²) in [6.45, 7) is 6.06. The van der Waals surface area contributed by atoms with Gasteiger partial charge >= 0.3 is 0 Å². The molecule has 2 aromatic rings. The zero-order chi connectivity index (χ0) is 18.2. The summed E-state index contributed by atoms with van der Waals surface area (Å²) in [6, 6.07) is 8.18. The van der Waals surface area contributed by atoms with Crippen LogP contribution < -0.4 is 16.8 Å². The predicted molar refractivity (Wildman–Crippen MR) is 103 cm³/mol. The molecule has 0 aliphatic rings. The van der Waals surface area contributed by atoms with Gasteiger partial charge in [-0.2, -0.15) is 0 Å².